The second kappa shape index (κ2) is 7.36. The number of nitrogens with zero attached hydrogens (tertiary/aromatic N) is 1. The Morgan fingerprint density at radius 2 is 2.05 bits per heavy atom. The summed E-state index contributed by atoms with van der Waals surface area (Å²) in [5.41, 5.74) is 0. The number of fused-ring (bicyclic) bond motifs is 1. The Labute approximate surface area is 114 Å². The first-order valence-electron chi connectivity index (χ1n) is 7.05. The fourth-order valence-corrected chi connectivity index (χ4v) is 2.35. The van der Waals surface area contributed by atoms with Crippen molar-refractivity contribution in [3.05, 3.63) is 24.3 Å². The van der Waals surface area contributed by atoms with Gasteiger partial charge in [0.05, 0.1) is 0 Å². The van der Waals surface area contributed by atoms with Crippen LogP contribution in [0.2, 0.25) is 0 Å². The molecule has 1 aliphatic rings. The molecule has 0 fully saturated rings. The zero-order valence-electron chi connectivity index (χ0n) is 11.5. The number of aliphatic hydroxyl groups excluding tert-OH is 1. The molecular weight excluding hydrogens is 242 g/mol. The average Bonchev–Trinajstić information content (AvgIpc) is 2.45. The van der Waals surface area contributed by atoms with Gasteiger partial charge >= 0.3 is 0 Å². The van der Waals surface area contributed by atoms with Crippen molar-refractivity contribution in [1.82, 2.24) is 4.90 Å². The second-order valence-electron chi connectivity index (χ2n) is 4.88. The van der Waals surface area contributed by atoms with E-state index in [2.05, 4.69) is 11.8 Å². The summed E-state index contributed by atoms with van der Waals surface area (Å²) in [6, 6.07) is 7.79. The van der Waals surface area contributed by atoms with Gasteiger partial charge in [0.15, 0.2) is 11.5 Å². The molecule has 2 rings (SSSR count). The Hall–Kier alpha value is -1.26. The molecule has 0 amide bonds. The van der Waals surface area contributed by atoms with Gasteiger partial charge in [-0.05, 0) is 31.5 Å². The summed E-state index contributed by atoms with van der Waals surface area (Å²) >= 11 is 0. The van der Waals surface area contributed by atoms with Crippen LogP contribution in [0.4, 0.5) is 0 Å². The number of para-hydroxylation sites is 2. The smallest absolute Gasteiger partial charge is 0.161 e. The third-order valence-electron chi connectivity index (χ3n) is 3.20. The first-order chi connectivity index (χ1) is 9.33. The van der Waals surface area contributed by atoms with Gasteiger partial charge in [0, 0.05) is 19.7 Å². The third kappa shape index (κ3) is 4.11. The third-order valence-corrected chi connectivity index (χ3v) is 3.20. The van der Waals surface area contributed by atoms with Crippen LogP contribution in [0.3, 0.4) is 0 Å². The highest BCUT2D eigenvalue weighted by atomic mass is 16.6. The monoisotopic (exact) mass is 265 g/mol. The first-order valence-corrected chi connectivity index (χ1v) is 7.05. The van der Waals surface area contributed by atoms with Gasteiger partial charge in [-0.25, -0.2) is 0 Å². The zero-order valence-corrected chi connectivity index (χ0v) is 11.5. The van der Waals surface area contributed by atoms with Gasteiger partial charge in [-0.15, -0.1) is 0 Å². The molecule has 1 unspecified atom stereocenters. The predicted octanol–water partition coefficient (Wildman–Crippen LogP) is 1.92. The SMILES string of the molecule is CCCN(CCCO)CC1COc2ccccc2O1. The van der Waals surface area contributed by atoms with Gasteiger partial charge in [-0.1, -0.05) is 19.1 Å². The van der Waals surface area contributed by atoms with Gasteiger partial charge in [0.25, 0.3) is 0 Å². The Balaban J connectivity index is 1.88. The van der Waals surface area contributed by atoms with E-state index in [0.29, 0.717) is 6.61 Å². The van der Waals surface area contributed by atoms with E-state index in [4.69, 9.17) is 14.6 Å². The fraction of sp³-hybridized carbons (Fsp3) is 0.600. The minimum Gasteiger partial charge on any atom is -0.486 e. The number of benzene rings is 1. The van der Waals surface area contributed by atoms with Crippen molar-refractivity contribution < 1.29 is 14.6 Å². The van der Waals surface area contributed by atoms with Crippen molar-refractivity contribution >= 4 is 0 Å². The average molecular weight is 265 g/mol. The topological polar surface area (TPSA) is 41.9 Å². The van der Waals surface area contributed by atoms with E-state index in [1.54, 1.807) is 0 Å². The summed E-state index contributed by atoms with van der Waals surface area (Å²) < 4.78 is 11.7. The highest BCUT2D eigenvalue weighted by Gasteiger charge is 2.22. The summed E-state index contributed by atoms with van der Waals surface area (Å²) in [4.78, 5) is 2.33. The van der Waals surface area contributed by atoms with Gasteiger partial charge in [0.1, 0.15) is 12.7 Å². The molecule has 1 heterocycles. The van der Waals surface area contributed by atoms with Crippen molar-refractivity contribution in [2.24, 2.45) is 0 Å². The Kier molecular flexibility index (Phi) is 5.48. The second-order valence-corrected chi connectivity index (χ2v) is 4.88. The Bertz CT molecular complexity index is 383. The van der Waals surface area contributed by atoms with Crippen LogP contribution in [0, 0.1) is 0 Å². The lowest BCUT2D eigenvalue weighted by Gasteiger charge is -2.31. The standard InChI is InChI=1S/C15H23NO3/c1-2-8-16(9-5-10-17)11-13-12-18-14-6-3-4-7-15(14)19-13/h3-4,6-7,13,17H,2,5,8-12H2,1H3. The van der Waals surface area contributed by atoms with Crippen LogP contribution < -0.4 is 9.47 Å². The lowest BCUT2D eigenvalue weighted by atomic mass is 10.2. The number of aliphatic hydroxyl groups is 1. The highest BCUT2D eigenvalue weighted by Crippen LogP contribution is 2.30. The van der Waals surface area contributed by atoms with Crippen molar-refractivity contribution in [1.29, 1.82) is 0 Å². The maximum absolute atomic E-state index is 8.94. The molecule has 106 valence electrons. The van der Waals surface area contributed by atoms with Crippen LogP contribution in [0.25, 0.3) is 0 Å². The molecule has 0 bridgehead atoms. The summed E-state index contributed by atoms with van der Waals surface area (Å²) in [6.07, 6.45) is 1.99. The molecule has 0 aliphatic carbocycles. The van der Waals surface area contributed by atoms with E-state index in [1.165, 1.54) is 0 Å². The quantitative estimate of drug-likeness (QED) is 0.818. The van der Waals surface area contributed by atoms with Crippen LogP contribution in [0.1, 0.15) is 19.8 Å². The molecule has 0 aromatic heterocycles. The van der Waals surface area contributed by atoms with E-state index in [1.807, 2.05) is 24.3 Å². The van der Waals surface area contributed by atoms with E-state index >= 15 is 0 Å². The fourth-order valence-electron chi connectivity index (χ4n) is 2.35. The summed E-state index contributed by atoms with van der Waals surface area (Å²) in [7, 11) is 0. The maximum Gasteiger partial charge on any atom is 0.161 e. The summed E-state index contributed by atoms with van der Waals surface area (Å²) in [6.45, 7) is 5.79. The number of hydrogen-bond donors (Lipinski definition) is 1. The van der Waals surface area contributed by atoms with Crippen LogP contribution in [-0.4, -0.2) is 49.0 Å². The van der Waals surface area contributed by atoms with Gasteiger partial charge < -0.3 is 14.6 Å². The van der Waals surface area contributed by atoms with Crippen molar-refractivity contribution in [2.45, 2.75) is 25.9 Å². The molecule has 1 aromatic rings. The van der Waals surface area contributed by atoms with Gasteiger partial charge in [-0.3, -0.25) is 4.90 Å². The van der Waals surface area contributed by atoms with Crippen LogP contribution in [-0.2, 0) is 0 Å². The van der Waals surface area contributed by atoms with E-state index in [-0.39, 0.29) is 12.7 Å². The number of ether oxygens (including phenoxy) is 2. The molecule has 1 aromatic carbocycles. The lowest BCUT2D eigenvalue weighted by molar-refractivity contribution is 0.0568. The summed E-state index contributed by atoms with van der Waals surface area (Å²) in [5, 5.41) is 8.94. The zero-order chi connectivity index (χ0) is 13.5. The molecule has 0 spiro atoms. The predicted molar refractivity (Wildman–Crippen MR) is 74.8 cm³/mol. The maximum atomic E-state index is 8.94. The molecule has 0 radical (unpaired) electrons. The molecule has 1 N–H and O–H groups in total. The van der Waals surface area contributed by atoms with Crippen LogP contribution >= 0.6 is 0 Å². The minimum absolute atomic E-state index is 0.0696. The minimum atomic E-state index is 0.0696. The van der Waals surface area contributed by atoms with Gasteiger partial charge in [-0.2, -0.15) is 0 Å². The van der Waals surface area contributed by atoms with Crippen LogP contribution in [0.5, 0.6) is 11.5 Å². The normalized spacial score (nSPS) is 17.7. The molecule has 4 heteroatoms. The first kappa shape index (κ1) is 14.2. The van der Waals surface area contributed by atoms with E-state index < -0.39 is 0 Å². The van der Waals surface area contributed by atoms with E-state index in [0.717, 1.165) is 44.0 Å². The summed E-state index contributed by atoms with van der Waals surface area (Å²) in [5.74, 6) is 1.66. The molecular formula is C15H23NO3. The molecule has 0 saturated heterocycles. The van der Waals surface area contributed by atoms with Gasteiger partial charge in [0.2, 0.25) is 0 Å². The van der Waals surface area contributed by atoms with Crippen molar-refractivity contribution in [3.8, 4) is 11.5 Å². The molecule has 1 aliphatic heterocycles. The van der Waals surface area contributed by atoms with Crippen molar-refractivity contribution in [2.75, 3.05) is 32.8 Å². The van der Waals surface area contributed by atoms with Crippen molar-refractivity contribution in [3.63, 3.8) is 0 Å². The molecule has 0 saturated carbocycles. The van der Waals surface area contributed by atoms with Crippen LogP contribution in [0.15, 0.2) is 24.3 Å². The molecule has 1 atom stereocenters. The van der Waals surface area contributed by atoms with E-state index in [9.17, 15) is 0 Å². The lowest BCUT2D eigenvalue weighted by Crippen LogP contribution is -2.41. The number of hydrogen-bond acceptors (Lipinski definition) is 4. The Morgan fingerprint density at radius 1 is 1.26 bits per heavy atom. The number of rotatable bonds is 7. The largest absolute Gasteiger partial charge is 0.486 e. The Morgan fingerprint density at radius 3 is 2.79 bits per heavy atom. The molecule has 4 nitrogen and oxygen atoms in total. The highest BCUT2D eigenvalue weighted by molar-refractivity contribution is 5.40. The molecule has 19 heavy (non-hydrogen) atoms.